The van der Waals surface area contributed by atoms with Crippen LogP contribution >= 0.6 is 0 Å². The Bertz CT molecular complexity index is 420. The molecule has 2 atom stereocenters. The summed E-state index contributed by atoms with van der Waals surface area (Å²) < 4.78 is 27.1. The third kappa shape index (κ3) is 2.85. The summed E-state index contributed by atoms with van der Waals surface area (Å²) in [7, 11) is 0. The van der Waals surface area contributed by atoms with Crippen molar-refractivity contribution in [1.82, 2.24) is 10.6 Å². The number of rotatable bonds is 3. The Balaban J connectivity index is 2.03. The Kier molecular flexibility index (Phi) is 3.91. The lowest BCUT2D eigenvalue weighted by Gasteiger charge is -2.27. The quantitative estimate of drug-likeness (QED) is 0.865. The normalized spacial score (nSPS) is 21.5. The summed E-state index contributed by atoms with van der Waals surface area (Å²) in [4.78, 5) is 11.0. The molecule has 0 bridgehead atoms. The van der Waals surface area contributed by atoms with E-state index in [4.69, 9.17) is 0 Å². The fourth-order valence-corrected chi connectivity index (χ4v) is 2.24. The number of halogens is 2. The van der Waals surface area contributed by atoms with Crippen molar-refractivity contribution in [2.24, 2.45) is 0 Å². The number of carbonyl (C=O) groups excluding carboxylic acids is 1. The van der Waals surface area contributed by atoms with Crippen LogP contribution in [0.15, 0.2) is 18.2 Å². The third-order valence-corrected chi connectivity index (χ3v) is 3.18. The molecular formula is C13H16F2N2O. The minimum Gasteiger partial charge on any atom is -0.355 e. The first-order chi connectivity index (χ1) is 8.58. The smallest absolute Gasteiger partial charge is 0.220 e. The Morgan fingerprint density at radius 2 is 2.06 bits per heavy atom. The van der Waals surface area contributed by atoms with Gasteiger partial charge in [-0.05, 0) is 25.5 Å². The average molecular weight is 254 g/mol. The zero-order valence-electron chi connectivity index (χ0n) is 10.2. The minimum atomic E-state index is -0.546. The number of carbonyl (C=O) groups is 1. The minimum absolute atomic E-state index is 0.0257. The van der Waals surface area contributed by atoms with Gasteiger partial charge in [0.1, 0.15) is 11.6 Å². The molecule has 3 nitrogen and oxygen atoms in total. The molecule has 1 aromatic carbocycles. The Hall–Kier alpha value is -1.49. The third-order valence-electron chi connectivity index (χ3n) is 3.18. The molecule has 18 heavy (non-hydrogen) atoms. The van der Waals surface area contributed by atoms with Crippen LogP contribution in [0.3, 0.4) is 0 Å². The van der Waals surface area contributed by atoms with Gasteiger partial charge in [-0.25, -0.2) is 8.78 Å². The highest BCUT2D eigenvalue weighted by Gasteiger charge is 2.22. The number of hydrogen-bond donors (Lipinski definition) is 2. The van der Waals surface area contributed by atoms with E-state index < -0.39 is 17.7 Å². The molecule has 2 N–H and O–H groups in total. The van der Waals surface area contributed by atoms with Crippen molar-refractivity contribution in [3.63, 3.8) is 0 Å². The molecule has 1 fully saturated rings. The number of amides is 1. The molecule has 5 heteroatoms. The number of benzene rings is 1. The molecular weight excluding hydrogens is 238 g/mol. The zero-order chi connectivity index (χ0) is 13.1. The van der Waals surface area contributed by atoms with Gasteiger partial charge in [-0.1, -0.05) is 6.07 Å². The molecule has 1 saturated heterocycles. The fraction of sp³-hybridized carbons (Fsp3) is 0.462. The first kappa shape index (κ1) is 13.0. The average Bonchev–Trinajstić information content (AvgIpc) is 2.32. The lowest BCUT2D eigenvalue weighted by atomic mass is 10.0. The Morgan fingerprint density at radius 3 is 2.61 bits per heavy atom. The maximum atomic E-state index is 13.6. The number of piperidine rings is 1. The van der Waals surface area contributed by atoms with Crippen LogP contribution in [0, 0.1) is 11.6 Å². The topological polar surface area (TPSA) is 41.1 Å². The molecule has 0 aliphatic carbocycles. The zero-order valence-corrected chi connectivity index (χ0v) is 10.2. The van der Waals surface area contributed by atoms with Gasteiger partial charge in [0.05, 0.1) is 0 Å². The fourth-order valence-electron chi connectivity index (χ4n) is 2.24. The van der Waals surface area contributed by atoms with Crippen molar-refractivity contribution in [3.8, 4) is 0 Å². The van der Waals surface area contributed by atoms with Crippen molar-refractivity contribution in [2.45, 2.75) is 31.8 Å². The summed E-state index contributed by atoms with van der Waals surface area (Å²) in [5.41, 5.74) is 0.0504. The van der Waals surface area contributed by atoms with E-state index >= 15 is 0 Å². The van der Waals surface area contributed by atoms with Gasteiger partial charge in [-0.2, -0.15) is 0 Å². The molecule has 1 aliphatic heterocycles. The van der Waals surface area contributed by atoms with Gasteiger partial charge in [0.2, 0.25) is 5.91 Å². The molecule has 2 unspecified atom stereocenters. The predicted octanol–water partition coefficient (Wildman–Crippen LogP) is 1.89. The van der Waals surface area contributed by atoms with Crippen LogP contribution in [-0.2, 0) is 4.79 Å². The van der Waals surface area contributed by atoms with Crippen LogP contribution in [-0.4, -0.2) is 18.5 Å². The van der Waals surface area contributed by atoms with Gasteiger partial charge in [-0.15, -0.1) is 0 Å². The van der Waals surface area contributed by atoms with Crippen LogP contribution in [0.1, 0.15) is 31.4 Å². The molecule has 0 spiro atoms. The first-order valence-electron chi connectivity index (χ1n) is 6.04. The Morgan fingerprint density at radius 1 is 1.39 bits per heavy atom. The van der Waals surface area contributed by atoms with Gasteiger partial charge in [0, 0.05) is 30.6 Å². The van der Waals surface area contributed by atoms with Crippen molar-refractivity contribution >= 4 is 5.91 Å². The van der Waals surface area contributed by atoms with Gasteiger partial charge in [-0.3, -0.25) is 4.79 Å². The van der Waals surface area contributed by atoms with Crippen LogP contribution in [0.4, 0.5) is 8.78 Å². The summed E-state index contributed by atoms with van der Waals surface area (Å²) >= 11 is 0. The lowest BCUT2D eigenvalue weighted by molar-refractivity contribution is -0.122. The van der Waals surface area contributed by atoms with E-state index in [0.29, 0.717) is 19.4 Å². The van der Waals surface area contributed by atoms with Gasteiger partial charge in [0.15, 0.2) is 0 Å². The summed E-state index contributed by atoms with van der Waals surface area (Å²) in [6, 6.07) is 3.48. The lowest BCUT2D eigenvalue weighted by Crippen LogP contribution is -2.46. The molecule has 0 radical (unpaired) electrons. The van der Waals surface area contributed by atoms with E-state index in [0.717, 1.165) is 0 Å². The molecule has 0 saturated carbocycles. The van der Waals surface area contributed by atoms with Crippen molar-refractivity contribution in [1.29, 1.82) is 0 Å². The molecule has 1 amide bonds. The van der Waals surface area contributed by atoms with Crippen molar-refractivity contribution in [3.05, 3.63) is 35.4 Å². The second kappa shape index (κ2) is 5.44. The standard InChI is InChI=1S/C13H16F2N2O/c1-8(13-10(14)3-2-4-11(13)15)17-9-5-6-12(18)16-7-9/h2-4,8-9,17H,5-7H2,1H3,(H,16,18). The van der Waals surface area contributed by atoms with E-state index in [-0.39, 0.29) is 17.5 Å². The monoisotopic (exact) mass is 254 g/mol. The second-order valence-electron chi connectivity index (χ2n) is 4.56. The van der Waals surface area contributed by atoms with E-state index in [2.05, 4.69) is 10.6 Å². The van der Waals surface area contributed by atoms with Gasteiger partial charge >= 0.3 is 0 Å². The van der Waals surface area contributed by atoms with Crippen LogP contribution in [0.5, 0.6) is 0 Å². The summed E-state index contributed by atoms with van der Waals surface area (Å²) in [6.07, 6.45) is 1.14. The highest BCUT2D eigenvalue weighted by Crippen LogP contribution is 2.21. The maximum absolute atomic E-state index is 13.6. The van der Waals surface area contributed by atoms with Crippen LogP contribution in [0.2, 0.25) is 0 Å². The van der Waals surface area contributed by atoms with Gasteiger partial charge < -0.3 is 10.6 Å². The highest BCUT2D eigenvalue weighted by molar-refractivity contribution is 5.76. The van der Waals surface area contributed by atoms with Crippen molar-refractivity contribution < 1.29 is 13.6 Å². The SMILES string of the molecule is CC(NC1CCC(=O)NC1)c1c(F)cccc1F. The first-order valence-corrected chi connectivity index (χ1v) is 6.04. The van der Waals surface area contributed by atoms with Crippen LogP contribution < -0.4 is 10.6 Å². The predicted molar refractivity (Wildman–Crippen MR) is 63.9 cm³/mol. The summed E-state index contributed by atoms with van der Waals surface area (Å²) in [6.45, 7) is 2.22. The Labute approximate surface area is 105 Å². The molecule has 2 rings (SSSR count). The van der Waals surface area contributed by atoms with Gasteiger partial charge in [0.25, 0.3) is 0 Å². The van der Waals surface area contributed by atoms with E-state index in [1.165, 1.54) is 18.2 Å². The van der Waals surface area contributed by atoms with E-state index in [9.17, 15) is 13.6 Å². The maximum Gasteiger partial charge on any atom is 0.220 e. The van der Waals surface area contributed by atoms with E-state index in [1.54, 1.807) is 6.92 Å². The molecule has 1 aliphatic rings. The number of nitrogens with one attached hydrogen (secondary N) is 2. The summed E-state index contributed by atoms with van der Waals surface area (Å²) in [5, 5.41) is 5.87. The second-order valence-corrected chi connectivity index (χ2v) is 4.56. The number of hydrogen-bond acceptors (Lipinski definition) is 2. The molecule has 1 heterocycles. The van der Waals surface area contributed by atoms with Crippen molar-refractivity contribution in [2.75, 3.05) is 6.54 Å². The van der Waals surface area contributed by atoms with E-state index in [1.807, 2.05) is 0 Å². The van der Waals surface area contributed by atoms with Crippen LogP contribution in [0.25, 0.3) is 0 Å². The molecule has 98 valence electrons. The molecule has 1 aromatic rings. The summed E-state index contributed by atoms with van der Waals surface area (Å²) in [5.74, 6) is -1.07. The molecule has 0 aromatic heterocycles. The largest absolute Gasteiger partial charge is 0.355 e. The highest BCUT2D eigenvalue weighted by atomic mass is 19.1.